The number of aliphatic imine (C=N–C) groups is 1. The molecule has 1 aromatic heterocycles. The SMILES string of the molecule is CN=C(NCC(=O)NCc1ccco1)NCC(C(C)C)N1CCOCC1.I. The maximum atomic E-state index is 11.9. The first-order valence-electron chi connectivity index (χ1n) is 9.15. The van der Waals surface area contributed by atoms with E-state index >= 15 is 0 Å². The zero-order valence-corrected chi connectivity index (χ0v) is 18.7. The van der Waals surface area contributed by atoms with E-state index in [2.05, 4.69) is 39.7 Å². The van der Waals surface area contributed by atoms with Crippen LogP contribution in [0.1, 0.15) is 19.6 Å². The zero-order chi connectivity index (χ0) is 18.8. The first-order valence-corrected chi connectivity index (χ1v) is 9.15. The topological polar surface area (TPSA) is 91.1 Å². The fourth-order valence-corrected chi connectivity index (χ4v) is 2.94. The summed E-state index contributed by atoms with van der Waals surface area (Å²) in [6.07, 6.45) is 1.59. The molecule has 1 aliphatic rings. The van der Waals surface area contributed by atoms with Gasteiger partial charge in [0.1, 0.15) is 5.76 Å². The van der Waals surface area contributed by atoms with Gasteiger partial charge in [-0.05, 0) is 18.1 Å². The lowest BCUT2D eigenvalue weighted by Gasteiger charge is -2.37. The summed E-state index contributed by atoms with van der Waals surface area (Å²) in [4.78, 5) is 18.6. The van der Waals surface area contributed by atoms with Gasteiger partial charge in [0.2, 0.25) is 5.91 Å². The summed E-state index contributed by atoms with van der Waals surface area (Å²) < 4.78 is 10.6. The maximum absolute atomic E-state index is 11.9. The summed E-state index contributed by atoms with van der Waals surface area (Å²) >= 11 is 0. The van der Waals surface area contributed by atoms with Gasteiger partial charge in [-0.15, -0.1) is 24.0 Å². The van der Waals surface area contributed by atoms with Crippen molar-refractivity contribution in [2.24, 2.45) is 10.9 Å². The summed E-state index contributed by atoms with van der Waals surface area (Å²) in [5.74, 6) is 1.75. The largest absolute Gasteiger partial charge is 0.467 e. The van der Waals surface area contributed by atoms with Gasteiger partial charge in [-0.3, -0.25) is 14.7 Å². The first-order chi connectivity index (χ1) is 12.6. The quantitative estimate of drug-likeness (QED) is 0.285. The van der Waals surface area contributed by atoms with E-state index < -0.39 is 0 Å². The number of amides is 1. The lowest BCUT2D eigenvalue weighted by atomic mass is 10.0. The Morgan fingerprint density at radius 1 is 1.26 bits per heavy atom. The first kappa shape index (κ1) is 23.7. The van der Waals surface area contributed by atoms with Crippen LogP contribution < -0.4 is 16.0 Å². The van der Waals surface area contributed by atoms with Crippen LogP contribution in [0.25, 0.3) is 0 Å². The number of nitrogens with zero attached hydrogens (tertiary/aromatic N) is 2. The Labute approximate surface area is 178 Å². The molecule has 0 aromatic carbocycles. The summed E-state index contributed by atoms with van der Waals surface area (Å²) in [6, 6.07) is 4.02. The van der Waals surface area contributed by atoms with Crippen molar-refractivity contribution in [1.29, 1.82) is 0 Å². The second-order valence-corrected chi connectivity index (χ2v) is 6.62. The molecule has 0 saturated carbocycles. The van der Waals surface area contributed by atoms with Gasteiger partial charge in [0.25, 0.3) is 0 Å². The fraction of sp³-hybridized carbons (Fsp3) is 0.667. The molecule has 1 saturated heterocycles. The molecule has 1 fully saturated rings. The van der Waals surface area contributed by atoms with E-state index in [0.717, 1.165) is 38.6 Å². The minimum atomic E-state index is -0.113. The van der Waals surface area contributed by atoms with Gasteiger partial charge >= 0.3 is 0 Å². The lowest BCUT2D eigenvalue weighted by Crippen LogP contribution is -2.53. The highest BCUT2D eigenvalue weighted by Gasteiger charge is 2.23. The molecule has 0 bridgehead atoms. The number of carbonyl (C=O) groups excluding carboxylic acids is 1. The second-order valence-electron chi connectivity index (χ2n) is 6.62. The molecule has 1 aromatic rings. The van der Waals surface area contributed by atoms with E-state index in [1.54, 1.807) is 19.4 Å². The minimum Gasteiger partial charge on any atom is -0.467 e. The van der Waals surface area contributed by atoms with Crippen LogP contribution in [-0.4, -0.2) is 69.2 Å². The van der Waals surface area contributed by atoms with Crippen LogP contribution in [0.2, 0.25) is 0 Å². The Balaban J connectivity index is 0.00000364. The number of morpholine rings is 1. The van der Waals surface area contributed by atoms with Crippen LogP contribution in [0.5, 0.6) is 0 Å². The molecule has 2 heterocycles. The monoisotopic (exact) mass is 493 g/mol. The Kier molecular flexibility index (Phi) is 11.4. The highest BCUT2D eigenvalue weighted by atomic mass is 127. The normalized spacial score (nSPS) is 16.5. The molecule has 1 unspecified atom stereocenters. The van der Waals surface area contributed by atoms with Crippen LogP contribution in [0, 0.1) is 5.92 Å². The highest BCUT2D eigenvalue weighted by molar-refractivity contribution is 14.0. The number of carbonyl (C=O) groups is 1. The summed E-state index contributed by atoms with van der Waals surface area (Å²) in [7, 11) is 1.70. The van der Waals surface area contributed by atoms with Crippen molar-refractivity contribution in [3.63, 3.8) is 0 Å². The number of hydrogen-bond acceptors (Lipinski definition) is 5. The molecule has 0 radical (unpaired) electrons. The van der Waals surface area contributed by atoms with Crippen LogP contribution in [0.3, 0.4) is 0 Å². The molecule has 8 nitrogen and oxygen atoms in total. The van der Waals surface area contributed by atoms with Gasteiger partial charge in [0.05, 0.1) is 32.6 Å². The zero-order valence-electron chi connectivity index (χ0n) is 16.4. The van der Waals surface area contributed by atoms with Crippen LogP contribution in [0.15, 0.2) is 27.8 Å². The number of ether oxygens (including phenoxy) is 1. The summed E-state index contributed by atoms with van der Waals surface area (Å²) in [5.41, 5.74) is 0. The molecule has 1 amide bonds. The second kappa shape index (κ2) is 12.9. The minimum absolute atomic E-state index is 0. The summed E-state index contributed by atoms with van der Waals surface area (Å²) in [6.45, 7) is 9.22. The van der Waals surface area contributed by atoms with Gasteiger partial charge in [0.15, 0.2) is 5.96 Å². The molecule has 0 spiro atoms. The van der Waals surface area contributed by atoms with Crippen molar-refractivity contribution in [3.05, 3.63) is 24.2 Å². The van der Waals surface area contributed by atoms with E-state index in [9.17, 15) is 4.79 Å². The van der Waals surface area contributed by atoms with Crippen molar-refractivity contribution in [2.75, 3.05) is 46.4 Å². The predicted octanol–water partition coefficient (Wildman–Crippen LogP) is 1.04. The van der Waals surface area contributed by atoms with Gasteiger partial charge < -0.3 is 25.1 Å². The molecule has 9 heteroatoms. The summed E-state index contributed by atoms with van der Waals surface area (Å²) in [5, 5.41) is 9.18. The van der Waals surface area contributed by atoms with Crippen molar-refractivity contribution in [3.8, 4) is 0 Å². The average Bonchev–Trinajstić information content (AvgIpc) is 3.17. The molecule has 154 valence electrons. The predicted molar refractivity (Wildman–Crippen MR) is 116 cm³/mol. The Morgan fingerprint density at radius 3 is 2.59 bits per heavy atom. The van der Waals surface area contributed by atoms with Gasteiger partial charge in [-0.25, -0.2) is 0 Å². The number of hydrogen-bond donors (Lipinski definition) is 3. The molecule has 1 atom stereocenters. The maximum Gasteiger partial charge on any atom is 0.239 e. The molecule has 2 rings (SSSR count). The van der Waals surface area contributed by atoms with Crippen molar-refractivity contribution in [2.45, 2.75) is 26.4 Å². The molecular formula is C18H32IN5O3. The van der Waals surface area contributed by atoms with Gasteiger partial charge in [0, 0.05) is 32.7 Å². The smallest absolute Gasteiger partial charge is 0.239 e. The lowest BCUT2D eigenvalue weighted by molar-refractivity contribution is -0.120. The number of furan rings is 1. The van der Waals surface area contributed by atoms with Gasteiger partial charge in [-0.2, -0.15) is 0 Å². The van der Waals surface area contributed by atoms with Gasteiger partial charge in [-0.1, -0.05) is 13.8 Å². The van der Waals surface area contributed by atoms with E-state index in [4.69, 9.17) is 9.15 Å². The van der Waals surface area contributed by atoms with Crippen LogP contribution in [0.4, 0.5) is 0 Å². The number of nitrogens with one attached hydrogen (secondary N) is 3. The number of rotatable bonds is 8. The Morgan fingerprint density at radius 2 is 2.00 bits per heavy atom. The number of guanidine groups is 1. The molecule has 3 N–H and O–H groups in total. The van der Waals surface area contributed by atoms with E-state index in [-0.39, 0.29) is 36.4 Å². The fourth-order valence-electron chi connectivity index (χ4n) is 2.94. The van der Waals surface area contributed by atoms with Crippen molar-refractivity contribution >= 4 is 35.8 Å². The Hall–Kier alpha value is -1.33. The Bertz CT molecular complexity index is 559. The van der Waals surface area contributed by atoms with Crippen molar-refractivity contribution in [1.82, 2.24) is 20.9 Å². The molecule has 1 aliphatic heterocycles. The van der Waals surface area contributed by atoms with Crippen LogP contribution in [-0.2, 0) is 16.1 Å². The highest BCUT2D eigenvalue weighted by Crippen LogP contribution is 2.12. The van der Waals surface area contributed by atoms with Crippen LogP contribution >= 0.6 is 24.0 Å². The molecule has 0 aliphatic carbocycles. The third-order valence-corrected chi connectivity index (χ3v) is 4.44. The van der Waals surface area contributed by atoms with E-state index in [1.165, 1.54) is 0 Å². The van der Waals surface area contributed by atoms with E-state index in [1.807, 2.05) is 6.07 Å². The van der Waals surface area contributed by atoms with E-state index in [0.29, 0.717) is 24.5 Å². The third kappa shape index (κ3) is 8.48. The average molecular weight is 493 g/mol. The number of halogens is 1. The third-order valence-electron chi connectivity index (χ3n) is 4.44. The molecular weight excluding hydrogens is 461 g/mol. The standard InChI is InChI=1S/C18H31N5O3.HI/c1-14(2)16(23-6-9-25-10-7-23)12-21-18(19-3)22-13-17(24)20-11-15-5-4-8-26-15;/h4-5,8,14,16H,6-7,9-13H2,1-3H3,(H,20,24)(H2,19,21,22);1H. The molecule has 27 heavy (non-hydrogen) atoms. The van der Waals surface area contributed by atoms with Crippen molar-refractivity contribution < 1.29 is 13.9 Å².